The van der Waals surface area contributed by atoms with Crippen LogP contribution in [0.25, 0.3) is 33.1 Å². The molecule has 7 nitrogen and oxygen atoms in total. The summed E-state index contributed by atoms with van der Waals surface area (Å²) in [4.78, 5) is 21.7. The summed E-state index contributed by atoms with van der Waals surface area (Å²) in [5, 5.41) is 10.5. The third-order valence-electron chi connectivity index (χ3n) is 7.12. The predicted octanol–water partition coefficient (Wildman–Crippen LogP) is 5.27. The summed E-state index contributed by atoms with van der Waals surface area (Å²) in [6.45, 7) is 3.78. The van der Waals surface area contributed by atoms with Crippen LogP contribution in [0.15, 0.2) is 73.2 Å². The summed E-state index contributed by atoms with van der Waals surface area (Å²) in [6, 6.07) is 18.6. The number of hydrogen-bond acceptors (Lipinski definition) is 7. The Hall–Kier alpha value is -4.10. The fourth-order valence-electron chi connectivity index (χ4n) is 5.14. The summed E-state index contributed by atoms with van der Waals surface area (Å²) in [7, 11) is 0. The van der Waals surface area contributed by atoms with Crippen molar-refractivity contribution in [2.45, 2.75) is 18.8 Å². The summed E-state index contributed by atoms with van der Waals surface area (Å²) < 4.78 is 0. The van der Waals surface area contributed by atoms with E-state index in [-0.39, 0.29) is 0 Å². The van der Waals surface area contributed by atoms with Crippen molar-refractivity contribution in [1.29, 1.82) is 0 Å². The third-order valence-corrected chi connectivity index (χ3v) is 7.12. The highest BCUT2D eigenvalue weighted by Crippen LogP contribution is 2.44. The molecular formula is C29H27N7. The number of pyridine rings is 2. The van der Waals surface area contributed by atoms with Crippen molar-refractivity contribution in [3.63, 3.8) is 0 Å². The zero-order chi connectivity index (χ0) is 23.9. The first kappa shape index (κ1) is 21.2. The number of aromatic nitrogens is 4. The topological polar surface area (TPSA) is 78.9 Å². The molecule has 36 heavy (non-hydrogen) atoms. The molecule has 4 heterocycles. The number of anilines is 3. The Morgan fingerprint density at radius 1 is 0.917 bits per heavy atom. The zero-order valence-electron chi connectivity index (χ0n) is 20.0. The van der Waals surface area contributed by atoms with Gasteiger partial charge in [0, 0.05) is 60.6 Å². The molecule has 2 aromatic carbocycles. The van der Waals surface area contributed by atoms with Gasteiger partial charge in [-0.25, -0.2) is 15.0 Å². The molecular weight excluding hydrogens is 446 g/mol. The van der Waals surface area contributed by atoms with Crippen LogP contribution in [0.3, 0.4) is 0 Å². The fraction of sp³-hybridized carbons (Fsp3) is 0.241. The van der Waals surface area contributed by atoms with Gasteiger partial charge in [0.15, 0.2) is 5.82 Å². The molecule has 7 heteroatoms. The van der Waals surface area contributed by atoms with E-state index in [0.717, 1.165) is 60.0 Å². The number of rotatable bonds is 5. The van der Waals surface area contributed by atoms with Crippen molar-refractivity contribution >= 4 is 39.0 Å². The van der Waals surface area contributed by atoms with E-state index >= 15 is 0 Å². The highest BCUT2D eigenvalue weighted by molar-refractivity contribution is 5.96. The van der Waals surface area contributed by atoms with Crippen LogP contribution in [0.2, 0.25) is 0 Å². The number of hydrogen-bond donors (Lipinski definition) is 2. The zero-order valence-corrected chi connectivity index (χ0v) is 20.0. The smallest absolute Gasteiger partial charge is 0.162 e. The average Bonchev–Trinajstić information content (AvgIpc) is 3.79. The Labute approximate surface area is 209 Å². The second-order valence-electron chi connectivity index (χ2n) is 9.59. The van der Waals surface area contributed by atoms with E-state index in [1.807, 2.05) is 30.7 Å². The van der Waals surface area contributed by atoms with Crippen molar-refractivity contribution in [3.8, 4) is 11.4 Å². The van der Waals surface area contributed by atoms with E-state index in [1.54, 1.807) is 0 Å². The van der Waals surface area contributed by atoms with E-state index in [2.05, 4.69) is 68.0 Å². The molecule has 0 radical (unpaired) electrons. The third kappa shape index (κ3) is 3.91. The average molecular weight is 474 g/mol. The predicted molar refractivity (Wildman–Crippen MR) is 145 cm³/mol. The van der Waals surface area contributed by atoms with E-state index in [9.17, 15) is 0 Å². The van der Waals surface area contributed by atoms with Crippen LogP contribution in [0, 0.1) is 0 Å². The lowest BCUT2D eigenvalue weighted by molar-refractivity contribution is 0.586. The van der Waals surface area contributed by atoms with Gasteiger partial charge in [0.25, 0.3) is 0 Å². The van der Waals surface area contributed by atoms with Crippen LogP contribution in [0.5, 0.6) is 0 Å². The SMILES string of the molecule is c1ccc2c(Nc3cc(-c4nc(N5CCNCC5)c5c(C6CC6)cncc5n4)ccn3)cccc2c1. The molecule has 2 N–H and O–H groups in total. The minimum absolute atomic E-state index is 0.578. The van der Waals surface area contributed by atoms with Gasteiger partial charge in [0.2, 0.25) is 0 Å². The van der Waals surface area contributed by atoms with Gasteiger partial charge in [0.05, 0.1) is 11.7 Å². The molecule has 0 spiro atoms. The molecule has 1 aliphatic heterocycles. The summed E-state index contributed by atoms with van der Waals surface area (Å²) in [5.41, 5.74) is 4.17. The molecule has 7 rings (SSSR count). The molecule has 1 saturated carbocycles. The maximum absolute atomic E-state index is 5.17. The molecule has 2 aliphatic rings. The first-order valence-electron chi connectivity index (χ1n) is 12.7. The molecule has 3 aromatic heterocycles. The van der Waals surface area contributed by atoms with Gasteiger partial charge in [-0.3, -0.25) is 4.98 Å². The van der Waals surface area contributed by atoms with Gasteiger partial charge in [0.1, 0.15) is 11.6 Å². The van der Waals surface area contributed by atoms with Gasteiger partial charge < -0.3 is 15.5 Å². The Kier molecular flexibility index (Phi) is 5.21. The normalized spacial score (nSPS) is 15.9. The van der Waals surface area contributed by atoms with Gasteiger partial charge in [-0.2, -0.15) is 0 Å². The lowest BCUT2D eigenvalue weighted by Crippen LogP contribution is -2.44. The Morgan fingerprint density at radius 3 is 2.67 bits per heavy atom. The highest BCUT2D eigenvalue weighted by atomic mass is 15.2. The van der Waals surface area contributed by atoms with E-state index in [1.165, 1.54) is 29.2 Å². The first-order valence-corrected chi connectivity index (χ1v) is 12.7. The maximum Gasteiger partial charge on any atom is 0.162 e. The van der Waals surface area contributed by atoms with Crippen LogP contribution >= 0.6 is 0 Å². The molecule has 1 aliphatic carbocycles. The largest absolute Gasteiger partial charge is 0.353 e. The number of nitrogens with one attached hydrogen (secondary N) is 2. The molecule has 0 atom stereocenters. The Balaban J connectivity index is 1.31. The minimum Gasteiger partial charge on any atom is -0.353 e. The van der Waals surface area contributed by atoms with E-state index in [0.29, 0.717) is 11.7 Å². The molecule has 0 amide bonds. The number of benzene rings is 2. The van der Waals surface area contributed by atoms with Crippen molar-refractivity contribution in [2.24, 2.45) is 0 Å². The molecule has 0 bridgehead atoms. The monoisotopic (exact) mass is 473 g/mol. The molecule has 178 valence electrons. The second kappa shape index (κ2) is 8.84. The lowest BCUT2D eigenvalue weighted by Gasteiger charge is -2.30. The lowest BCUT2D eigenvalue weighted by atomic mass is 10.1. The van der Waals surface area contributed by atoms with Crippen LogP contribution < -0.4 is 15.5 Å². The fourth-order valence-corrected chi connectivity index (χ4v) is 5.14. The standard InChI is InChI=1S/C29H27N7/c1-2-6-22-19(4-1)5-3-7-24(22)33-26-16-21(10-11-32-26)28-34-25-18-31-17-23(20-8-9-20)27(25)29(35-28)36-14-12-30-13-15-36/h1-7,10-11,16-18,20,30H,8-9,12-15H2,(H,32,33). The number of piperazine rings is 1. The van der Waals surface area contributed by atoms with E-state index < -0.39 is 0 Å². The van der Waals surface area contributed by atoms with Crippen LogP contribution in [-0.2, 0) is 0 Å². The quantitative estimate of drug-likeness (QED) is 0.360. The van der Waals surface area contributed by atoms with Crippen molar-refractivity contribution in [2.75, 3.05) is 36.4 Å². The van der Waals surface area contributed by atoms with Gasteiger partial charge in [-0.05, 0) is 47.9 Å². The van der Waals surface area contributed by atoms with Gasteiger partial charge in [-0.15, -0.1) is 0 Å². The summed E-state index contributed by atoms with van der Waals surface area (Å²) >= 11 is 0. The van der Waals surface area contributed by atoms with E-state index in [4.69, 9.17) is 9.97 Å². The summed E-state index contributed by atoms with van der Waals surface area (Å²) in [6.07, 6.45) is 8.16. The van der Waals surface area contributed by atoms with Gasteiger partial charge in [-0.1, -0.05) is 36.4 Å². The Bertz CT molecular complexity index is 1570. The van der Waals surface area contributed by atoms with Gasteiger partial charge >= 0.3 is 0 Å². The van der Waals surface area contributed by atoms with Crippen LogP contribution in [0.4, 0.5) is 17.3 Å². The van der Waals surface area contributed by atoms with Crippen molar-refractivity contribution < 1.29 is 0 Å². The first-order chi connectivity index (χ1) is 17.8. The van der Waals surface area contributed by atoms with Crippen LogP contribution in [-0.4, -0.2) is 46.1 Å². The van der Waals surface area contributed by atoms with Crippen LogP contribution in [0.1, 0.15) is 24.3 Å². The summed E-state index contributed by atoms with van der Waals surface area (Å²) in [5.74, 6) is 3.08. The molecule has 0 unspecified atom stereocenters. The maximum atomic E-state index is 5.17. The molecule has 5 aromatic rings. The van der Waals surface area contributed by atoms with Crippen molar-refractivity contribution in [3.05, 3.63) is 78.8 Å². The van der Waals surface area contributed by atoms with Crippen molar-refractivity contribution in [1.82, 2.24) is 25.3 Å². The highest BCUT2D eigenvalue weighted by Gasteiger charge is 2.29. The number of nitrogens with zero attached hydrogens (tertiary/aromatic N) is 5. The second-order valence-corrected chi connectivity index (χ2v) is 9.59. The Morgan fingerprint density at radius 2 is 1.78 bits per heavy atom. The molecule has 2 fully saturated rings. The molecule has 1 saturated heterocycles. The number of fused-ring (bicyclic) bond motifs is 2. The minimum atomic E-state index is 0.578.